The molecule has 0 spiro atoms. The number of nitrogens with one attached hydrogen (secondary N) is 1. The van der Waals surface area contributed by atoms with Crippen LogP contribution in [-0.4, -0.2) is 19.9 Å². The van der Waals surface area contributed by atoms with Crippen molar-refractivity contribution in [3.05, 3.63) is 90.1 Å². The molecule has 0 unspecified atom stereocenters. The summed E-state index contributed by atoms with van der Waals surface area (Å²) in [5, 5.41) is 4.11. The zero-order valence-electron chi connectivity index (χ0n) is 14.4. The predicted octanol–water partition coefficient (Wildman–Crippen LogP) is 4.87. The van der Waals surface area contributed by atoms with Gasteiger partial charge in [-0.05, 0) is 47.5 Å². The number of nitrogens with zero attached hydrogens (tertiary/aromatic N) is 4. The van der Waals surface area contributed by atoms with Crippen molar-refractivity contribution in [1.82, 2.24) is 19.9 Å². The van der Waals surface area contributed by atoms with Crippen LogP contribution in [-0.2, 0) is 6.54 Å². The van der Waals surface area contributed by atoms with Gasteiger partial charge in [0.05, 0.1) is 0 Å². The fraction of sp³-hybridized carbons (Fsp3) is 0.0476. The molecular weight excluding hydrogens is 358 g/mol. The van der Waals surface area contributed by atoms with E-state index in [4.69, 9.17) is 16.6 Å². The van der Waals surface area contributed by atoms with Crippen molar-refractivity contribution in [3.63, 3.8) is 0 Å². The summed E-state index contributed by atoms with van der Waals surface area (Å²) in [6, 6.07) is 15.4. The SMILES string of the molecule is Clc1ccc(-c2cnc(-c3cccnc3)nc2NCc2ccncc2)cc1. The largest absolute Gasteiger partial charge is 0.365 e. The summed E-state index contributed by atoms with van der Waals surface area (Å²) in [7, 11) is 0. The van der Waals surface area contributed by atoms with Crippen molar-refractivity contribution in [2.24, 2.45) is 0 Å². The van der Waals surface area contributed by atoms with Crippen LogP contribution in [0.15, 0.2) is 79.5 Å². The smallest absolute Gasteiger partial charge is 0.163 e. The van der Waals surface area contributed by atoms with Gasteiger partial charge in [-0.2, -0.15) is 0 Å². The maximum Gasteiger partial charge on any atom is 0.163 e. The minimum absolute atomic E-state index is 0.623. The highest BCUT2D eigenvalue weighted by molar-refractivity contribution is 6.30. The minimum Gasteiger partial charge on any atom is -0.365 e. The Labute approximate surface area is 162 Å². The highest BCUT2D eigenvalue weighted by Crippen LogP contribution is 2.29. The summed E-state index contributed by atoms with van der Waals surface area (Å²) in [4.78, 5) is 17.5. The van der Waals surface area contributed by atoms with Crippen LogP contribution < -0.4 is 5.32 Å². The minimum atomic E-state index is 0.623. The molecule has 0 aliphatic rings. The monoisotopic (exact) mass is 373 g/mol. The van der Waals surface area contributed by atoms with Gasteiger partial charge >= 0.3 is 0 Å². The van der Waals surface area contributed by atoms with Crippen LogP contribution in [0.4, 0.5) is 5.82 Å². The zero-order chi connectivity index (χ0) is 18.5. The molecule has 4 aromatic rings. The topological polar surface area (TPSA) is 63.6 Å². The van der Waals surface area contributed by atoms with Crippen LogP contribution in [0.3, 0.4) is 0 Å². The van der Waals surface area contributed by atoms with Crippen LogP contribution in [0.25, 0.3) is 22.5 Å². The molecule has 0 saturated carbocycles. The quantitative estimate of drug-likeness (QED) is 0.541. The number of pyridine rings is 2. The van der Waals surface area contributed by atoms with E-state index >= 15 is 0 Å². The van der Waals surface area contributed by atoms with Crippen molar-refractivity contribution in [3.8, 4) is 22.5 Å². The number of aromatic nitrogens is 4. The van der Waals surface area contributed by atoms with Crippen LogP contribution in [0.2, 0.25) is 5.02 Å². The van der Waals surface area contributed by atoms with Crippen LogP contribution in [0, 0.1) is 0 Å². The summed E-state index contributed by atoms with van der Waals surface area (Å²) < 4.78 is 0. The van der Waals surface area contributed by atoms with Crippen molar-refractivity contribution in [1.29, 1.82) is 0 Å². The zero-order valence-corrected chi connectivity index (χ0v) is 15.1. The molecule has 0 amide bonds. The van der Waals surface area contributed by atoms with Crippen molar-refractivity contribution >= 4 is 17.4 Å². The molecule has 0 aliphatic carbocycles. The number of benzene rings is 1. The number of hydrogen-bond acceptors (Lipinski definition) is 5. The van der Waals surface area contributed by atoms with Crippen molar-refractivity contribution < 1.29 is 0 Å². The van der Waals surface area contributed by atoms with Gasteiger partial charge in [0.25, 0.3) is 0 Å². The van der Waals surface area contributed by atoms with Gasteiger partial charge in [-0.15, -0.1) is 0 Å². The Morgan fingerprint density at radius 2 is 1.63 bits per heavy atom. The van der Waals surface area contributed by atoms with Crippen molar-refractivity contribution in [2.75, 3.05) is 5.32 Å². The standard InChI is InChI=1S/C21H16ClN5/c22-18-5-3-16(4-6-18)19-14-26-20(17-2-1-9-24-13-17)27-21(19)25-12-15-7-10-23-11-8-15/h1-11,13-14H,12H2,(H,25,26,27). The van der Waals surface area contributed by atoms with E-state index in [2.05, 4.69) is 20.3 Å². The highest BCUT2D eigenvalue weighted by Gasteiger charge is 2.11. The first-order valence-electron chi connectivity index (χ1n) is 8.46. The van der Waals surface area contributed by atoms with E-state index < -0.39 is 0 Å². The third-order valence-corrected chi connectivity index (χ3v) is 4.33. The fourth-order valence-corrected chi connectivity index (χ4v) is 2.80. The average Bonchev–Trinajstić information content (AvgIpc) is 2.74. The second-order valence-electron chi connectivity index (χ2n) is 5.91. The van der Waals surface area contributed by atoms with E-state index in [1.165, 1.54) is 0 Å². The Kier molecular flexibility index (Phi) is 5.03. The van der Waals surface area contributed by atoms with Crippen molar-refractivity contribution in [2.45, 2.75) is 6.54 Å². The molecule has 0 saturated heterocycles. The molecular formula is C21H16ClN5. The van der Waals surface area contributed by atoms with Crippen LogP contribution in [0.1, 0.15) is 5.56 Å². The summed E-state index contributed by atoms with van der Waals surface area (Å²) in [5.74, 6) is 1.38. The molecule has 0 atom stereocenters. The summed E-state index contributed by atoms with van der Waals surface area (Å²) >= 11 is 6.03. The summed E-state index contributed by atoms with van der Waals surface area (Å²) in [6.45, 7) is 0.632. The van der Waals surface area contributed by atoms with Gasteiger partial charge < -0.3 is 5.32 Å². The normalized spacial score (nSPS) is 10.6. The molecule has 132 valence electrons. The Balaban J connectivity index is 1.72. The lowest BCUT2D eigenvalue weighted by Gasteiger charge is -2.13. The molecule has 5 nitrogen and oxygen atoms in total. The van der Waals surface area contributed by atoms with Gasteiger partial charge in [-0.1, -0.05) is 23.7 Å². The third kappa shape index (κ3) is 4.10. The maximum absolute atomic E-state index is 6.03. The van der Waals surface area contributed by atoms with E-state index in [0.717, 1.165) is 28.1 Å². The Hall–Kier alpha value is -3.31. The second-order valence-corrected chi connectivity index (χ2v) is 6.35. The Bertz CT molecular complexity index is 1020. The first-order valence-corrected chi connectivity index (χ1v) is 8.83. The predicted molar refractivity (Wildman–Crippen MR) is 107 cm³/mol. The van der Waals surface area contributed by atoms with E-state index in [1.54, 1.807) is 24.8 Å². The fourth-order valence-electron chi connectivity index (χ4n) is 2.68. The first kappa shape index (κ1) is 17.1. The number of halogens is 1. The third-order valence-electron chi connectivity index (χ3n) is 4.07. The Morgan fingerprint density at radius 1 is 0.815 bits per heavy atom. The molecule has 6 heteroatoms. The molecule has 4 rings (SSSR count). The molecule has 0 fully saturated rings. The van der Waals surface area contributed by atoms with E-state index in [-0.39, 0.29) is 0 Å². The van der Waals surface area contributed by atoms with Gasteiger partial charge in [0, 0.05) is 53.7 Å². The maximum atomic E-state index is 6.03. The number of rotatable bonds is 5. The van der Waals surface area contributed by atoms with E-state index in [0.29, 0.717) is 17.4 Å². The molecule has 0 bridgehead atoms. The van der Waals surface area contributed by atoms with E-state index in [1.807, 2.05) is 54.7 Å². The Morgan fingerprint density at radius 3 is 2.37 bits per heavy atom. The number of hydrogen-bond donors (Lipinski definition) is 1. The molecule has 1 aromatic carbocycles. The second kappa shape index (κ2) is 7.93. The van der Waals surface area contributed by atoms with Gasteiger partial charge in [-0.3, -0.25) is 9.97 Å². The van der Waals surface area contributed by atoms with Crippen LogP contribution >= 0.6 is 11.6 Å². The molecule has 3 aromatic heterocycles. The average molecular weight is 374 g/mol. The number of anilines is 1. The molecule has 1 N–H and O–H groups in total. The lowest BCUT2D eigenvalue weighted by molar-refractivity contribution is 1.08. The summed E-state index contributed by atoms with van der Waals surface area (Å²) in [6.07, 6.45) is 8.86. The van der Waals surface area contributed by atoms with Gasteiger partial charge in [0.15, 0.2) is 5.82 Å². The highest BCUT2D eigenvalue weighted by atomic mass is 35.5. The van der Waals surface area contributed by atoms with E-state index in [9.17, 15) is 0 Å². The van der Waals surface area contributed by atoms with Crippen LogP contribution in [0.5, 0.6) is 0 Å². The van der Waals surface area contributed by atoms with Gasteiger partial charge in [0.2, 0.25) is 0 Å². The molecule has 0 radical (unpaired) electrons. The lowest BCUT2D eigenvalue weighted by Crippen LogP contribution is -2.05. The lowest BCUT2D eigenvalue weighted by atomic mass is 10.1. The molecule has 0 aliphatic heterocycles. The molecule has 3 heterocycles. The van der Waals surface area contributed by atoms with Gasteiger partial charge in [0.1, 0.15) is 5.82 Å². The first-order chi connectivity index (χ1) is 13.3. The molecule has 27 heavy (non-hydrogen) atoms. The van der Waals surface area contributed by atoms with Gasteiger partial charge in [-0.25, -0.2) is 9.97 Å². The summed E-state index contributed by atoms with van der Waals surface area (Å²) in [5.41, 5.74) is 3.89.